The lowest BCUT2D eigenvalue weighted by Crippen LogP contribution is -2.36. The van der Waals surface area contributed by atoms with E-state index in [1.807, 2.05) is 18.2 Å². The normalized spacial score (nSPS) is 17.9. The number of alkyl halides is 3. The maximum absolute atomic E-state index is 12.8. The van der Waals surface area contributed by atoms with E-state index in [0.717, 1.165) is 18.7 Å². The van der Waals surface area contributed by atoms with Crippen molar-refractivity contribution in [1.82, 2.24) is 14.9 Å². The van der Waals surface area contributed by atoms with Gasteiger partial charge in [0.05, 0.1) is 11.0 Å². The van der Waals surface area contributed by atoms with Crippen molar-refractivity contribution < 1.29 is 18.0 Å². The maximum Gasteiger partial charge on any atom is 0.449 e. The zero-order valence-electron chi connectivity index (χ0n) is 16.6. The van der Waals surface area contributed by atoms with Crippen LogP contribution >= 0.6 is 0 Å². The minimum Gasteiger partial charge on any atom is -0.334 e. The van der Waals surface area contributed by atoms with Crippen LogP contribution in [0, 0.1) is 0 Å². The Balaban J connectivity index is 1.48. The van der Waals surface area contributed by atoms with Crippen LogP contribution in [-0.4, -0.2) is 33.4 Å². The molecule has 1 saturated heterocycles. The maximum atomic E-state index is 12.8. The molecular weight excluding hydrogens is 393 g/mol. The van der Waals surface area contributed by atoms with Crippen molar-refractivity contribution in [1.29, 1.82) is 0 Å². The molecule has 1 fully saturated rings. The molecular formula is C22H23F3N4O. The summed E-state index contributed by atoms with van der Waals surface area (Å²) in [6, 6.07) is 12.5. The zero-order chi connectivity index (χ0) is 21.3. The van der Waals surface area contributed by atoms with Gasteiger partial charge in [-0.3, -0.25) is 9.69 Å². The number of rotatable bonds is 4. The highest BCUT2D eigenvalue weighted by Crippen LogP contribution is 2.29. The number of halogens is 3. The van der Waals surface area contributed by atoms with Gasteiger partial charge >= 0.3 is 6.18 Å². The first-order chi connectivity index (χ1) is 14.3. The molecule has 1 amide bonds. The summed E-state index contributed by atoms with van der Waals surface area (Å²) in [6.07, 6.45) is -0.901. The van der Waals surface area contributed by atoms with Crippen molar-refractivity contribution in [3.8, 4) is 0 Å². The number of imidazole rings is 1. The Labute approximate surface area is 172 Å². The van der Waals surface area contributed by atoms with E-state index in [1.54, 1.807) is 6.07 Å². The SMILES string of the molecule is CC1CCCCN1Cc1cccc(NC(=O)c2ccc3nc(C(F)(F)F)[nH]c3c2)c1. The van der Waals surface area contributed by atoms with E-state index in [9.17, 15) is 18.0 Å². The van der Waals surface area contributed by atoms with E-state index < -0.39 is 12.0 Å². The number of nitrogens with zero attached hydrogens (tertiary/aromatic N) is 2. The molecule has 1 unspecified atom stereocenters. The van der Waals surface area contributed by atoms with Crippen molar-refractivity contribution in [3.63, 3.8) is 0 Å². The number of hydrogen-bond acceptors (Lipinski definition) is 3. The van der Waals surface area contributed by atoms with Crippen LogP contribution in [0.1, 0.15) is 47.9 Å². The Morgan fingerprint density at radius 2 is 2.07 bits per heavy atom. The molecule has 0 bridgehead atoms. The van der Waals surface area contributed by atoms with Gasteiger partial charge in [0.1, 0.15) is 0 Å². The summed E-state index contributed by atoms with van der Waals surface area (Å²) in [7, 11) is 0. The van der Waals surface area contributed by atoms with Crippen LogP contribution in [0.3, 0.4) is 0 Å². The van der Waals surface area contributed by atoms with E-state index >= 15 is 0 Å². The fourth-order valence-electron chi connectivity index (χ4n) is 3.86. The zero-order valence-corrected chi connectivity index (χ0v) is 16.6. The number of amides is 1. The van der Waals surface area contributed by atoms with Crippen LogP contribution in [0.4, 0.5) is 18.9 Å². The first kappa shape index (κ1) is 20.4. The molecule has 0 saturated carbocycles. The van der Waals surface area contributed by atoms with Gasteiger partial charge in [-0.25, -0.2) is 4.98 Å². The molecule has 30 heavy (non-hydrogen) atoms. The average molecular weight is 416 g/mol. The van der Waals surface area contributed by atoms with Crippen molar-refractivity contribution in [2.45, 2.75) is 44.9 Å². The Bertz CT molecular complexity index is 1060. The monoisotopic (exact) mass is 416 g/mol. The fourth-order valence-corrected chi connectivity index (χ4v) is 3.86. The lowest BCUT2D eigenvalue weighted by molar-refractivity contribution is -0.144. The van der Waals surface area contributed by atoms with Crippen molar-refractivity contribution in [2.24, 2.45) is 0 Å². The number of piperidine rings is 1. The number of carbonyl (C=O) groups is 1. The summed E-state index contributed by atoms with van der Waals surface area (Å²) < 4.78 is 38.5. The third-order valence-corrected chi connectivity index (χ3v) is 5.52. The molecule has 158 valence electrons. The molecule has 8 heteroatoms. The highest BCUT2D eigenvalue weighted by Gasteiger charge is 2.34. The van der Waals surface area contributed by atoms with Crippen LogP contribution in [0.5, 0.6) is 0 Å². The lowest BCUT2D eigenvalue weighted by Gasteiger charge is -2.33. The number of H-pyrrole nitrogens is 1. The number of fused-ring (bicyclic) bond motifs is 1. The second kappa shape index (κ2) is 8.10. The highest BCUT2D eigenvalue weighted by atomic mass is 19.4. The van der Waals surface area contributed by atoms with E-state index in [-0.39, 0.29) is 22.5 Å². The summed E-state index contributed by atoms with van der Waals surface area (Å²) in [6.45, 7) is 4.13. The van der Waals surface area contributed by atoms with Crippen LogP contribution in [0.15, 0.2) is 42.5 Å². The van der Waals surface area contributed by atoms with Gasteiger partial charge < -0.3 is 10.3 Å². The van der Waals surface area contributed by atoms with Crippen molar-refractivity contribution >= 4 is 22.6 Å². The standard InChI is InChI=1S/C22H23F3N4O/c1-14-5-2-3-10-29(14)13-15-6-4-7-17(11-15)26-20(30)16-8-9-18-19(12-16)28-21(27-18)22(23,24)25/h4,6-9,11-12,14H,2-3,5,10,13H2,1H3,(H,26,30)(H,27,28). The second-order valence-corrected chi connectivity index (χ2v) is 7.78. The number of nitrogens with one attached hydrogen (secondary N) is 2. The number of hydrogen-bond donors (Lipinski definition) is 2. The first-order valence-corrected chi connectivity index (χ1v) is 10.0. The van der Waals surface area contributed by atoms with E-state index in [1.165, 1.54) is 37.5 Å². The van der Waals surface area contributed by atoms with Crippen LogP contribution in [0.2, 0.25) is 0 Å². The molecule has 1 atom stereocenters. The second-order valence-electron chi connectivity index (χ2n) is 7.78. The van der Waals surface area contributed by atoms with Gasteiger partial charge in [0.15, 0.2) is 0 Å². The lowest BCUT2D eigenvalue weighted by atomic mass is 10.0. The predicted molar refractivity (Wildman–Crippen MR) is 109 cm³/mol. The summed E-state index contributed by atoms with van der Waals surface area (Å²) >= 11 is 0. The fraction of sp³-hybridized carbons (Fsp3) is 0.364. The quantitative estimate of drug-likeness (QED) is 0.614. The molecule has 0 aliphatic carbocycles. The number of likely N-dealkylation sites (tertiary alicyclic amines) is 1. The smallest absolute Gasteiger partial charge is 0.334 e. The molecule has 5 nitrogen and oxygen atoms in total. The van der Waals surface area contributed by atoms with Gasteiger partial charge in [-0.05, 0) is 62.2 Å². The first-order valence-electron chi connectivity index (χ1n) is 10.0. The van der Waals surface area contributed by atoms with E-state index in [0.29, 0.717) is 11.7 Å². The number of aromatic amines is 1. The number of anilines is 1. The molecule has 2 aromatic carbocycles. The number of carbonyl (C=O) groups excluding carboxylic acids is 1. The van der Waals surface area contributed by atoms with Crippen LogP contribution in [0.25, 0.3) is 11.0 Å². The molecule has 2 N–H and O–H groups in total. The van der Waals surface area contributed by atoms with Crippen LogP contribution in [-0.2, 0) is 12.7 Å². The summed E-state index contributed by atoms with van der Waals surface area (Å²) in [4.78, 5) is 20.8. The Morgan fingerprint density at radius 1 is 1.23 bits per heavy atom. The average Bonchev–Trinajstić information content (AvgIpc) is 3.14. The topological polar surface area (TPSA) is 61.0 Å². The van der Waals surface area contributed by atoms with Gasteiger partial charge in [0.2, 0.25) is 5.82 Å². The molecule has 3 aromatic rings. The van der Waals surface area contributed by atoms with E-state index in [2.05, 4.69) is 27.1 Å². The molecule has 4 rings (SSSR count). The Hall–Kier alpha value is -2.87. The minimum atomic E-state index is -4.56. The van der Waals surface area contributed by atoms with Gasteiger partial charge in [0.25, 0.3) is 5.91 Å². The van der Waals surface area contributed by atoms with Gasteiger partial charge in [-0.2, -0.15) is 13.2 Å². The number of aromatic nitrogens is 2. The predicted octanol–water partition coefficient (Wildman–Crippen LogP) is 5.21. The molecule has 1 aliphatic heterocycles. The third-order valence-electron chi connectivity index (χ3n) is 5.52. The molecule has 0 radical (unpaired) electrons. The Morgan fingerprint density at radius 3 is 2.83 bits per heavy atom. The largest absolute Gasteiger partial charge is 0.449 e. The van der Waals surface area contributed by atoms with Crippen molar-refractivity contribution in [3.05, 3.63) is 59.4 Å². The molecule has 1 aliphatic rings. The summed E-state index contributed by atoms with van der Waals surface area (Å²) in [5, 5.41) is 2.83. The summed E-state index contributed by atoms with van der Waals surface area (Å²) in [5.41, 5.74) is 2.36. The Kier molecular flexibility index (Phi) is 5.51. The van der Waals surface area contributed by atoms with Crippen LogP contribution < -0.4 is 5.32 Å². The molecule has 0 spiro atoms. The summed E-state index contributed by atoms with van der Waals surface area (Å²) in [5.74, 6) is -1.46. The van der Waals surface area contributed by atoms with Gasteiger partial charge in [-0.1, -0.05) is 18.6 Å². The number of benzene rings is 2. The van der Waals surface area contributed by atoms with E-state index in [4.69, 9.17) is 0 Å². The van der Waals surface area contributed by atoms with Gasteiger partial charge in [0, 0.05) is 23.8 Å². The molecule has 1 aromatic heterocycles. The molecule has 2 heterocycles. The van der Waals surface area contributed by atoms with Gasteiger partial charge in [-0.15, -0.1) is 0 Å². The van der Waals surface area contributed by atoms with Crippen molar-refractivity contribution in [2.75, 3.05) is 11.9 Å². The highest BCUT2D eigenvalue weighted by molar-refractivity contribution is 6.05. The third kappa shape index (κ3) is 4.48. The minimum absolute atomic E-state index is 0.163.